The molecule has 0 aromatic heterocycles. The second-order valence-electron chi connectivity index (χ2n) is 5.54. The van der Waals surface area contributed by atoms with Crippen molar-refractivity contribution in [3.05, 3.63) is 35.4 Å². The number of benzene rings is 1. The summed E-state index contributed by atoms with van der Waals surface area (Å²) in [4.78, 5) is 0. The van der Waals surface area contributed by atoms with Gasteiger partial charge in [0, 0.05) is 23.6 Å². The number of nitrogens with two attached hydrogens (primary N) is 1. The van der Waals surface area contributed by atoms with E-state index in [0.717, 1.165) is 12.0 Å². The van der Waals surface area contributed by atoms with Crippen molar-refractivity contribution in [2.24, 2.45) is 11.1 Å². The first-order chi connectivity index (χ1) is 9.46. The van der Waals surface area contributed by atoms with Crippen LogP contribution in [0.3, 0.4) is 0 Å². The molecular formula is C15H23NO3S. The quantitative estimate of drug-likeness (QED) is 0.823. The van der Waals surface area contributed by atoms with E-state index in [0.29, 0.717) is 0 Å². The maximum absolute atomic E-state index is 12.2. The number of rotatable bonds is 6. The third kappa shape index (κ3) is 2.28. The molecule has 1 saturated carbocycles. The van der Waals surface area contributed by atoms with Crippen LogP contribution in [-0.4, -0.2) is 37.7 Å². The summed E-state index contributed by atoms with van der Waals surface area (Å²) >= 11 is 0. The highest BCUT2D eigenvalue weighted by atomic mass is 32.2. The molecule has 1 fully saturated rings. The fourth-order valence-corrected chi connectivity index (χ4v) is 5.32. The zero-order chi connectivity index (χ0) is 15.0. The first kappa shape index (κ1) is 15.5. The minimum atomic E-state index is -3.21. The number of hydrogen-bond donors (Lipinski definition) is 2. The van der Waals surface area contributed by atoms with Gasteiger partial charge < -0.3 is 10.8 Å². The molecule has 0 spiro atoms. The van der Waals surface area contributed by atoms with E-state index in [2.05, 4.69) is 6.92 Å². The summed E-state index contributed by atoms with van der Waals surface area (Å²) in [6.45, 7) is 3.72. The van der Waals surface area contributed by atoms with E-state index in [4.69, 9.17) is 5.73 Å². The number of aryl methyl sites for hydroxylation is 1. The van der Waals surface area contributed by atoms with Crippen LogP contribution in [0.4, 0.5) is 0 Å². The summed E-state index contributed by atoms with van der Waals surface area (Å²) < 4.78 is 24.5. The first-order valence-electron chi connectivity index (χ1n) is 7.08. The molecule has 0 bridgehead atoms. The number of hydrogen-bond acceptors (Lipinski definition) is 4. The van der Waals surface area contributed by atoms with Gasteiger partial charge in [-0.1, -0.05) is 38.1 Å². The summed E-state index contributed by atoms with van der Waals surface area (Å²) in [5.41, 5.74) is 7.25. The van der Waals surface area contributed by atoms with E-state index in [-0.39, 0.29) is 24.8 Å². The molecule has 0 amide bonds. The van der Waals surface area contributed by atoms with Crippen molar-refractivity contribution in [2.45, 2.75) is 31.4 Å². The van der Waals surface area contributed by atoms with Gasteiger partial charge in [0.2, 0.25) is 0 Å². The van der Waals surface area contributed by atoms with Gasteiger partial charge in [0.1, 0.15) is 0 Å². The van der Waals surface area contributed by atoms with Crippen molar-refractivity contribution < 1.29 is 13.5 Å². The van der Waals surface area contributed by atoms with Crippen LogP contribution < -0.4 is 5.73 Å². The average molecular weight is 297 g/mol. The van der Waals surface area contributed by atoms with Crippen LogP contribution in [0.5, 0.6) is 0 Å². The zero-order valence-electron chi connectivity index (χ0n) is 12.0. The average Bonchev–Trinajstić information content (AvgIpc) is 3.18. The van der Waals surface area contributed by atoms with Gasteiger partial charge in [0.05, 0.1) is 11.9 Å². The summed E-state index contributed by atoms with van der Waals surface area (Å²) in [5, 5.41) is 9.12. The van der Waals surface area contributed by atoms with Gasteiger partial charge in [-0.2, -0.15) is 0 Å². The van der Waals surface area contributed by atoms with E-state index < -0.39 is 20.5 Å². The SMILES string of the molecule is CCc1ccc(C2C(S(=O)(=O)CC)C2(CN)CO)cc1. The summed E-state index contributed by atoms with van der Waals surface area (Å²) in [6, 6.07) is 7.97. The van der Waals surface area contributed by atoms with Crippen molar-refractivity contribution in [1.82, 2.24) is 0 Å². The maximum atomic E-state index is 12.2. The molecule has 2 rings (SSSR count). The first-order valence-corrected chi connectivity index (χ1v) is 8.79. The lowest BCUT2D eigenvalue weighted by Crippen LogP contribution is -2.28. The third-order valence-corrected chi connectivity index (χ3v) is 6.91. The Kier molecular flexibility index (Phi) is 4.23. The van der Waals surface area contributed by atoms with Crippen LogP contribution in [-0.2, 0) is 16.3 Å². The van der Waals surface area contributed by atoms with Gasteiger partial charge >= 0.3 is 0 Å². The van der Waals surface area contributed by atoms with Crippen molar-refractivity contribution in [2.75, 3.05) is 18.9 Å². The molecule has 3 atom stereocenters. The van der Waals surface area contributed by atoms with Gasteiger partial charge in [-0.15, -0.1) is 0 Å². The Morgan fingerprint density at radius 3 is 2.25 bits per heavy atom. The smallest absolute Gasteiger partial charge is 0.154 e. The van der Waals surface area contributed by atoms with Crippen molar-refractivity contribution in [3.63, 3.8) is 0 Å². The van der Waals surface area contributed by atoms with Crippen LogP contribution in [0.15, 0.2) is 24.3 Å². The molecule has 1 aliphatic rings. The van der Waals surface area contributed by atoms with Crippen LogP contribution in [0, 0.1) is 5.41 Å². The molecule has 0 aliphatic heterocycles. The minimum Gasteiger partial charge on any atom is -0.396 e. The van der Waals surface area contributed by atoms with Gasteiger partial charge in [-0.3, -0.25) is 0 Å². The molecular weight excluding hydrogens is 274 g/mol. The maximum Gasteiger partial charge on any atom is 0.154 e. The summed E-state index contributed by atoms with van der Waals surface area (Å²) in [7, 11) is -3.21. The summed E-state index contributed by atoms with van der Waals surface area (Å²) in [6.07, 6.45) is 0.948. The van der Waals surface area contributed by atoms with E-state index >= 15 is 0 Å². The highest BCUT2D eigenvalue weighted by molar-refractivity contribution is 7.92. The molecule has 112 valence electrons. The van der Waals surface area contributed by atoms with Crippen molar-refractivity contribution in [3.8, 4) is 0 Å². The third-order valence-electron chi connectivity index (χ3n) is 4.59. The zero-order valence-corrected chi connectivity index (χ0v) is 12.9. The topological polar surface area (TPSA) is 80.4 Å². The highest BCUT2D eigenvalue weighted by Gasteiger charge is 2.69. The van der Waals surface area contributed by atoms with Gasteiger partial charge in [-0.25, -0.2) is 8.42 Å². The molecule has 1 aromatic rings. The molecule has 5 heteroatoms. The van der Waals surface area contributed by atoms with Gasteiger partial charge in [0.25, 0.3) is 0 Å². The van der Waals surface area contributed by atoms with E-state index in [1.54, 1.807) is 6.92 Å². The number of aliphatic hydroxyl groups is 1. The van der Waals surface area contributed by atoms with Crippen molar-refractivity contribution in [1.29, 1.82) is 0 Å². The Balaban J connectivity index is 2.38. The van der Waals surface area contributed by atoms with Crippen LogP contribution in [0.25, 0.3) is 0 Å². The fraction of sp³-hybridized carbons (Fsp3) is 0.600. The standard InChI is InChI=1S/C15H23NO3S/c1-3-11-5-7-12(8-6-11)13-14(20(18,19)4-2)15(13,9-16)10-17/h5-8,13-14,17H,3-4,9-10,16H2,1-2H3. The molecule has 0 heterocycles. The van der Waals surface area contributed by atoms with Gasteiger partial charge in [-0.05, 0) is 17.5 Å². The minimum absolute atomic E-state index is 0.0863. The largest absolute Gasteiger partial charge is 0.396 e. The van der Waals surface area contributed by atoms with Gasteiger partial charge in [0.15, 0.2) is 9.84 Å². The van der Waals surface area contributed by atoms with E-state index in [1.807, 2.05) is 24.3 Å². The highest BCUT2D eigenvalue weighted by Crippen LogP contribution is 2.62. The second kappa shape index (κ2) is 5.47. The van der Waals surface area contributed by atoms with Crippen LogP contribution in [0.1, 0.15) is 30.9 Å². The monoisotopic (exact) mass is 297 g/mol. The van der Waals surface area contributed by atoms with E-state index in [9.17, 15) is 13.5 Å². The van der Waals surface area contributed by atoms with Crippen molar-refractivity contribution >= 4 is 9.84 Å². The van der Waals surface area contributed by atoms with E-state index in [1.165, 1.54) is 5.56 Å². The number of sulfone groups is 1. The Morgan fingerprint density at radius 1 is 1.25 bits per heavy atom. The molecule has 1 aliphatic carbocycles. The molecule has 0 radical (unpaired) electrons. The lowest BCUT2D eigenvalue weighted by atomic mass is 9.99. The molecule has 20 heavy (non-hydrogen) atoms. The molecule has 3 N–H and O–H groups in total. The Bertz CT molecular complexity index is 561. The Labute approximate surface area is 120 Å². The second-order valence-corrected chi connectivity index (χ2v) is 7.95. The fourth-order valence-electron chi connectivity index (χ4n) is 3.16. The lowest BCUT2D eigenvalue weighted by molar-refractivity contribution is 0.212. The molecule has 1 aromatic carbocycles. The predicted molar refractivity (Wildman–Crippen MR) is 80.4 cm³/mol. The molecule has 0 saturated heterocycles. The normalized spacial score (nSPS) is 29.4. The Hall–Kier alpha value is -0.910. The molecule has 4 nitrogen and oxygen atoms in total. The van der Waals surface area contributed by atoms with Crippen LogP contribution in [0.2, 0.25) is 0 Å². The predicted octanol–water partition coefficient (Wildman–Crippen LogP) is 1.09. The lowest BCUT2D eigenvalue weighted by Gasteiger charge is -2.11. The Morgan fingerprint density at radius 2 is 1.85 bits per heavy atom. The summed E-state index contributed by atoms with van der Waals surface area (Å²) in [5.74, 6) is -0.100. The van der Waals surface area contributed by atoms with Crippen LogP contribution >= 0.6 is 0 Å². The molecule has 3 unspecified atom stereocenters. The number of aliphatic hydroxyl groups excluding tert-OH is 1.